The number of rotatable bonds is 5. The molecule has 0 aromatic heterocycles. The molecule has 0 unspecified atom stereocenters. The maximum absolute atomic E-state index is 12.5. The van der Waals surface area contributed by atoms with Crippen LogP contribution in [0, 0.1) is 12.3 Å². The fourth-order valence-electron chi connectivity index (χ4n) is 2.44. The van der Waals surface area contributed by atoms with Gasteiger partial charge in [0.05, 0.1) is 6.54 Å². The Morgan fingerprint density at radius 3 is 2.46 bits per heavy atom. The minimum absolute atomic E-state index is 0.179. The van der Waals surface area contributed by atoms with Crippen LogP contribution in [0.3, 0.4) is 0 Å². The van der Waals surface area contributed by atoms with E-state index in [1.165, 1.54) is 0 Å². The number of hydrogen-bond acceptors (Lipinski definition) is 3. The normalized spacial score (nSPS) is 15.1. The first-order valence-electron chi connectivity index (χ1n) is 7.82. The number of urea groups is 1. The number of carbonyl (C=O) groups is 2. The summed E-state index contributed by atoms with van der Waals surface area (Å²) in [5, 5.41) is 3.20. The number of amides is 3. The van der Waals surface area contributed by atoms with Gasteiger partial charge in [0, 0.05) is 5.02 Å². The van der Waals surface area contributed by atoms with E-state index >= 15 is 0 Å². The third-order valence-corrected chi connectivity index (χ3v) is 3.98. The lowest BCUT2D eigenvalue weighted by Gasteiger charge is -2.11. The van der Waals surface area contributed by atoms with Crippen molar-refractivity contribution >= 4 is 29.6 Å². The molecule has 6 heteroatoms. The Morgan fingerprint density at radius 1 is 1.12 bits per heavy atom. The van der Waals surface area contributed by atoms with Gasteiger partial charge in [0.1, 0.15) is 18.1 Å². The molecule has 3 amide bonds. The predicted octanol–water partition coefficient (Wildman–Crippen LogP) is 3.44. The van der Waals surface area contributed by atoms with Crippen LogP contribution in [0.5, 0.6) is 5.75 Å². The SMILES string of the molecule is C#CCOc1ccc(/C=C2\NC(=O)N(Cc3ccc(Cl)cc3)C2=O)cc1. The minimum Gasteiger partial charge on any atom is -0.481 e. The van der Waals surface area contributed by atoms with Gasteiger partial charge in [0.2, 0.25) is 0 Å². The summed E-state index contributed by atoms with van der Waals surface area (Å²) in [6.07, 6.45) is 6.76. The molecule has 5 nitrogen and oxygen atoms in total. The number of carbonyl (C=O) groups excluding carboxylic acids is 2. The molecule has 1 aliphatic heterocycles. The van der Waals surface area contributed by atoms with Crippen molar-refractivity contribution in [2.24, 2.45) is 0 Å². The second kappa shape index (κ2) is 7.77. The van der Waals surface area contributed by atoms with E-state index in [4.69, 9.17) is 22.8 Å². The summed E-state index contributed by atoms with van der Waals surface area (Å²) >= 11 is 5.85. The van der Waals surface area contributed by atoms with Crippen LogP contribution < -0.4 is 10.1 Å². The van der Waals surface area contributed by atoms with Crippen molar-refractivity contribution in [2.75, 3.05) is 6.61 Å². The molecule has 0 radical (unpaired) electrons. The first-order chi connectivity index (χ1) is 12.6. The Balaban J connectivity index is 1.72. The lowest BCUT2D eigenvalue weighted by molar-refractivity contribution is -0.123. The van der Waals surface area contributed by atoms with E-state index in [2.05, 4.69) is 11.2 Å². The zero-order valence-electron chi connectivity index (χ0n) is 13.7. The Hall–Kier alpha value is -3.23. The number of nitrogens with one attached hydrogen (secondary N) is 1. The van der Waals surface area contributed by atoms with Crippen molar-refractivity contribution in [3.8, 4) is 18.1 Å². The largest absolute Gasteiger partial charge is 0.481 e. The Bertz CT molecular complexity index is 896. The van der Waals surface area contributed by atoms with Gasteiger partial charge in [-0.25, -0.2) is 4.79 Å². The molecule has 1 fully saturated rings. The molecule has 1 aliphatic rings. The molecule has 1 heterocycles. The summed E-state index contributed by atoms with van der Waals surface area (Å²) in [5.41, 5.74) is 1.80. The summed E-state index contributed by atoms with van der Waals surface area (Å²) in [6, 6.07) is 13.6. The lowest BCUT2D eigenvalue weighted by Crippen LogP contribution is -2.30. The zero-order valence-corrected chi connectivity index (χ0v) is 14.5. The van der Waals surface area contributed by atoms with E-state index in [0.717, 1.165) is 16.0 Å². The van der Waals surface area contributed by atoms with Gasteiger partial charge in [-0.3, -0.25) is 9.69 Å². The molecule has 0 bridgehead atoms. The van der Waals surface area contributed by atoms with Crippen molar-refractivity contribution in [1.29, 1.82) is 0 Å². The van der Waals surface area contributed by atoms with Crippen LogP contribution in [0.1, 0.15) is 11.1 Å². The smallest absolute Gasteiger partial charge is 0.329 e. The fraction of sp³-hybridized carbons (Fsp3) is 0.100. The molecule has 1 N–H and O–H groups in total. The summed E-state index contributed by atoms with van der Waals surface area (Å²) in [7, 11) is 0. The van der Waals surface area contributed by atoms with Crippen LogP contribution >= 0.6 is 11.6 Å². The van der Waals surface area contributed by atoms with E-state index in [0.29, 0.717) is 10.8 Å². The number of ether oxygens (including phenoxy) is 1. The highest BCUT2D eigenvalue weighted by atomic mass is 35.5. The van der Waals surface area contributed by atoms with Crippen LogP contribution in [0.25, 0.3) is 6.08 Å². The van der Waals surface area contributed by atoms with Crippen molar-refractivity contribution < 1.29 is 14.3 Å². The Morgan fingerprint density at radius 2 is 1.81 bits per heavy atom. The topological polar surface area (TPSA) is 58.6 Å². The maximum Gasteiger partial charge on any atom is 0.329 e. The van der Waals surface area contributed by atoms with Crippen LogP contribution in [-0.4, -0.2) is 23.4 Å². The Labute approximate surface area is 156 Å². The summed E-state index contributed by atoms with van der Waals surface area (Å²) in [5.74, 6) is 2.65. The third-order valence-electron chi connectivity index (χ3n) is 3.73. The van der Waals surface area contributed by atoms with Crippen molar-refractivity contribution in [2.45, 2.75) is 6.54 Å². The quantitative estimate of drug-likeness (QED) is 0.501. The number of terminal acetylenes is 1. The minimum atomic E-state index is -0.454. The van der Waals surface area contributed by atoms with Crippen LogP contribution in [-0.2, 0) is 11.3 Å². The molecular weight excluding hydrogens is 352 g/mol. The van der Waals surface area contributed by atoms with Gasteiger partial charge in [-0.05, 0) is 41.5 Å². The molecule has 1 saturated heterocycles. The fourth-order valence-corrected chi connectivity index (χ4v) is 2.57. The lowest BCUT2D eigenvalue weighted by atomic mass is 10.1. The highest BCUT2D eigenvalue weighted by Crippen LogP contribution is 2.19. The van der Waals surface area contributed by atoms with E-state index in [1.807, 2.05) is 0 Å². The standard InChI is InChI=1S/C20H15ClN2O3/c1-2-11-26-17-9-5-14(6-10-17)12-18-19(24)23(20(25)22-18)13-15-3-7-16(21)8-4-15/h1,3-10,12H,11,13H2,(H,22,25)/b18-12-. The van der Waals surface area contributed by atoms with Crippen molar-refractivity contribution in [3.05, 3.63) is 70.4 Å². The summed E-state index contributed by atoms with van der Waals surface area (Å²) in [4.78, 5) is 25.8. The molecular formula is C20H15ClN2O3. The van der Waals surface area contributed by atoms with E-state index in [9.17, 15) is 9.59 Å². The van der Waals surface area contributed by atoms with Crippen molar-refractivity contribution in [3.63, 3.8) is 0 Å². The van der Waals surface area contributed by atoms with Gasteiger partial charge in [-0.2, -0.15) is 0 Å². The predicted molar refractivity (Wildman–Crippen MR) is 99.3 cm³/mol. The number of imide groups is 1. The van der Waals surface area contributed by atoms with Gasteiger partial charge in [0.15, 0.2) is 0 Å². The van der Waals surface area contributed by atoms with Gasteiger partial charge in [-0.15, -0.1) is 6.42 Å². The molecule has 0 atom stereocenters. The van der Waals surface area contributed by atoms with Crippen LogP contribution in [0.4, 0.5) is 4.79 Å². The molecule has 26 heavy (non-hydrogen) atoms. The highest BCUT2D eigenvalue weighted by Gasteiger charge is 2.33. The second-order valence-electron chi connectivity index (χ2n) is 5.57. The number of hydrogen-bond donors (Lipinski definition) is 1. The summed E-state index contributed by atoms with van der Waals surface area (Å²) in [6.45, 7) is 0.368. The number of halogens is 1. The van der Waals surface area contributed by atoms with Crippen LogP contribution in [0.15, 0.2) is 54.2 Å². The average molecular weight is 367 g/mol. The van der Waals surface area contributed by atoms with Crippen molar-refractivity contribution in [1.82, 2.24) is 10.2 Å². The number of benzene rings is 2. The molecule has 0 spiro atoms. The molecule has 2 aromatic rings. The molecule has 130 valence electrons. The van der Waals surface area contributed by atoms with Crippen LogP contribution in [0.2, 0.25) is 5.02 Å². The monoisotopic (exact) mass is 366 g/mol. The second-order valence-corrected chi connectivity index (χ2v) is 6.00. The highest BCUT2D eigenvalue weighted by molar-refractivity contribution is 6.30. The molecule has 3 rings (SSSR count). The average Bonchev–Trinajstić information content (AvgIpc) is 2.90. The van der Waals surface area contributed by atoms with Gasteiger partial charge >= 0.3 is 6.03 Å². The van der Waals surface area contributed by atoms with Gasteiger partial charge in [-0.1, -0.05) is 41.8 Å². The Kier molecular flexibility index (Phi) is 5.26. The summed E-state index contributed by atoms with van der Waals surface area (Å²) < 4.78 is 5.30. The number of nitrogens with zero attached hydrogens (tertiary/aromatic N) is 1. The first kappa shape index (κ1) is 17.6. The van der Waals surface area contributed by atoms with E-state index in [-0.39, 0.29) is 24.8 Å². The van der Waals surface area contributed by atoms with E-state index < -0.39 is 6.03 Å². The van der Waals surface area contributed by atoms with Gasteiger partial charge < -0.3 is 10.1 Å². The maximum atomic E-state index is 12.5. The molecule has 0 aliphatic carbocycles. The van der Waals surface area contributed by atoms with Gasteiger partial charge in [0.25, 0.3) is 5.91 Å². The third kappa shape index (κ3) is 4.05. The zero-order chi connectivity index (χ0) is 18.5. The molecule has 2 aromatic carbocycles. The van der Waals surface area contributed by atoms with E-state index in [1.54, 1.807) is 54.6 Å². The first-order valence-corrected chi connectivity index (χ1v) is 8.20. The molecule has 0 saturated carbocycles.